The molecule has 0 aromatic carbocycles. The average Bonchev–Trinajstić information content (AvgIpc) is 2.86. The molecule has 3 heteroatoms. The second-order valence-corrected chi connectivity index (χ2v) is 5.95. The number of imidazole rings is 1. The summed E-state index contributed by atoms with van der Waals surface area (Å²) in [5.74, 6) is 1.33. The predicted molar refractivity (Wildman–Crippen MR) is 69.1 cm³/mol. The molecule has 1 aliphatic heterocycles. The highest BCUT2D eigenvalue weighted by Crippen LogP contribution is 2.28. The lowest BCUT2D eigenvalue weighted by atomic mass is 10.2. The van der Waals surface area contributed by atoms with Crippen molar-refractivity contribution in [2.45, 2.75) is 31.4 Å². The van der Waals surface area contributed by atoms with Crippen LogP contribution in [0, 0.1) is 6.92 Å². The van der Waals surface area contributed by atoms with Crippen LogP contribution >= 0.6 is 11.8 Å². The van der Waals surface area contributed by atoms with Crippen molar-refractivity contribution in [1.82, 2.24) is 9.38 Å². The normalized spacial score (nSPS) is 20.7. The van der Waals surface area contributed by atoms with Gasteiger partial charge in [0.2, 0.25) is 0 Å². The Morgan fingerprint density at radius 3 is 3.31 bits per heavy atom. The molecule has 2 nitrogen and oxygen atoms in total. The molecule has 0 saturated carbocycles. The highest BCUT2D eigenvalue weighted by molar-refractivity contribution is 8.00. The first kappa shape index (κ1) is 10.2. The van der Waals surface area contributed by atoms with Crippen molar-refractivity contribution in [1.29, 1.82) is 0 Å². The zero-order chi connectivity index (χ0) is 11.0. The van der Waals surface area contributed by atoms with Gasteiger partial charge >= 0.3 is 0 Å². The Balaban J connectivity index is 1.86. The molecular weight excluding hydrogens is 216 g/mol. The third-order valence-electron chi connectivity index (χ3n) is 3.13. The molecule has 1 atom stereocenters. The Bertz CT molecular complexity index is 498. The van der Waals surface area contributed by atoms with Crippen molar-refractivity contribution in [2.24, 2.45) is 0 Å². The first-order valence-corrected chi connectivity index (χ1v) is 6.92. The van der Waals surface area contributed by atoms with Gasteiger partial charge in [-0.05, 0) is 43.2 Å². The van der Waals surface area contributed by atoms with Crippen LogP contribution in [-0.2, 0) is 6.42 Å². The van der Waals surface area contributed by atoms with Gasteiger partial charge in [-0.25, -0.2) is 4.98 Å². The molecule has 16 heavy (non-hydrogen) atoms. The van der Waals surface area contributed by atoms with Gasteiger partial charge in [0.25, 0.3) is 0 Å². The van der Waals surface area contributed by atoms with E-state index in [2.05, 4.69) is 52.6 Å². The van der Waals surface area contributed by atoms with E-state index in [9.17, 15) is 0 Å². The zero-order valence-corrected chi connectivity index (χ0v) is 10.3. The molecular formula is C13H16N2S. The quantitative estimate of drug-likeness (QED) is 0.791. The van der Waals surface area contributed by atoms with Crippen molar-refractivity contribution in [3.63, 3.8) is 0 Å². The number of aromatic nitrogens is 2. The van der Waals surface area contributed by atoms with E-state index in [1.807, 2.05) is 0 Å². The van der Waals surface area contributed by atoms with Gasteiger partial charge in [-0.3, -0.25) is 0 Å². The molecule has 0 amide bonds. The Morgan fingerprint density at radius 1 is 1.56 bits per heavy atom. The molecule has 0 radical (unpaired) electrons. The van der Waals surface area contributed by atoms with Gasteiger partial charge in [0.15, 0.2) is 0 Å². The number of thioether (sulfide) groups is 1. The summed E-state index contributed by atoms with van der Waals surface area (Å²) in [6, 6.07) is 4.27. The van der Waals surface area contributed by atoms with E-state index in [4.69, 9.17) is 0 Å². The Morgan fingerprint density at radius 2 is 2.50 bits per heavy atom. The van der Waals surface area contributed by atoms with Gasteiger partial charge in [-0.15, -0.1) is 0 Å². The third-order valence-corrected chi connectivity index (χ3v) is 4.52. The fraction of sp³-hybridized carbons (Fsp3) is 0.462. The lowest BCUT2D eigenvalue weighted by Crippen LogP contribution is -2.01. The number of hydrogen-bond donors (Lipinski definition) is 0. The highest BCUT2D eigenvalue weighted by atomic mass is 32.2. The van der Waals surface area contributed by atoms with Crippen LogP contribution in [-0.4, -0.2) is 20.4 Å². The summed E-state index contributed by atoms with van der Waals surface area (Å²) in [4.78, 5) is 4.69. The van der Waals surface area contributed by atoms with Crippen LogP contribution in [0.5, 0.6) is 0 Å². The molecule has 1 unspecified atom stereocenters. The van der Waals surface area contributed by atoms with Crippen LogP contribution in [0.1, 0.15) is 24.1 Å². The summed E-state index contributed by atoms with van der Waals surface area (Å²) in [6.45, 7) is 2.11. The average molecular weight is 232 g/mol. The van der Waals surface area contributed by atoms with E-state index in [0.29, 0.717) is 0 Å². The van der Waals surface area contributed by atoms with Crippen LogP contribution in [0.25, 0.3) is 5.65 Å². The lowest BCUT2D eigenvalue weighted by Gasteiger charge is -2.03. The van der Waals surface area contributed by atoms with E-state index in [1.54, 1.807) is 0 Å². The summed E-state index contributed by atoms with van der Waals surface area (Å²) >= 11 is 2.10. The maximum atomic E-state index is 4.69. The molecule has 1 saturated heterocycles. The monoisotopic (exact) mass is 232 g/mol. The van der Waals surface area contributed by atoms with Gasteiger partial charge in [0.1, 0.15) is 5.65 Å². The lowest BCUT2D eigenvalue weighted by molar-refractivity contribution is 0.767. The van der Waals surface area contributed by atoms with Crippen molar-refractivity contribution < 1.29 is 0 Å². The van der Waals surface area contributed by atoms with E-state index >= 15 is 0 Å². The van der Waals surface area contributed by atoms with Crippen molar-refractivity contribution in [3.8, 4) is 0 Å². The number of hydrogen-bond acceptors (Lipinski definition) is 2. The Kier molecular flexibility index (Phi) is 2.64. The van der Waals surface area contributed by atoms with Gasteiger partial charge in [-0.2, -0.15) is 11.8 Å². The molecule has 1 fully saturated rings. The Labute approximate surface area is 100 Å². The minimum atomic E-state index is 0.797. The fourth-order valence-corrected chi connectivity index (χ4v) is 3.56. The topological polar surface area (TPSA) is 17.3 Å². The van der Waals surface area contributed by atoms with Crippen LogP contribution in [0.15, 0.2) is 24.5 Å². The molecule has 3 rings (SSSR count). The molecule has 3 heterocycles. The SMILES string of the molecule is Cc1ccn2cc(CC3CCCS3)nc2c1. The molecule has 0 spiro atoms. The molecule has 0 N–H and O–H groups in total. The van der Waals surface area contributed by atoms with Crippen molar-refractivity contribution in [2.75, 3.05) is 5.75 Å². The molecule has 1 aliphatic rings. The van der Waals surface area contributed by atoms with Crippen LogP contribution < -0.4 is 0 Å². The molecule has 2 aromatic rings. The first-order valence-electron chi connectivity index (χ1n) is 5.87. The fourth-order valence-electron chi connectivity index (χ4n) is 2.27. The third kappa shape index (κ3) is 1.96. The summed E-state index contributed by atoms with van der Waals surface area (Å²) in [7, 11) is 0. The largest absolute Gasteiger partial charge is 0.307 e. The maximum absolute atomic E-state index is 4.69. The van der Waals surface area contributed by atoms with E-state index in [1.165, 1.54) is 29.9 Å². The second-order valence-electron chi connectivity index (χ2n) is 4.54. The molecule has 0 bridgehead atoms. The van der Waals surface area contributed by atoms with Gasteiger partial charge in [-0.1, -0.05) is 0 Å². The van der Waals surface area contributed by atoms with Gasteiger partial charge in [0.05, 0.1) is 5.69 Å². The first-order chi connectivity index (χ1) is 7.81. The van der Waals surface area contributed by atoms with Crippen LogP contribution in [0.4, 0.5) is 0 Å². The zero-order valence-electron chi connectivity index (χ0n) is 9.52. The molecule has 2 aromatic heterocycles. The molecule has 84 valence electrons. The van der Waals surface area contributed by atoms with Gasteiger partial charge < -0.3 is 4.40 Å². The second kappa shape index (κ2) is 4.13. The number of rotatable bonds is 2. The summed E-state index contributed by atoms with van der Waals surface area (Å²) in [5, 5.41) is 0.797. The minimum Gasteiger partial charge on any atom is -0.307 e. The summed E-state index contributed by atoms with van der Waals surface area (Å²) < 4.78 is 2.13. The van der Waals surface area contributed by atoms with Gasteiger partial charge in [0, 0.05) is 24.1 Å². The van der Waals surface area contributed by atoms with E-state index in [-0.39, 0.29) is 0 Å². The number of fused-ring (bicyclic) bond motifs is 1. The van der Waals surface area contributed by atoms with E-state index in [0.717, 1.165) is 17.3 Å². The van der Waals surface area contributed by atoms with Crippen molar-refractivity contribution >= 4 is 17.4 Å². The standard InChI is InChI=1S/C13H16N2S/c1-10-4-5-15-9-11(14-13(15)7-10)8-12-3-2-6-16-12/h4-5,7,9,12H,2-3,6,8H2,1H3. The summed E-state index contributed by atoms with van der Waals surface area (Å²) in [6.07, 6.45) is 8.14. The highest BCUT2D eigenvalue weighted by Gasteiger charge is 2.17. The number of pyridine rings is 1. The Hall–Kier alpha value is -0.960. The van der Waals surface area contributed by atoms with E-state index < -0.39 is 0 Å². The van der Waals surface area contributed by atoms with Crippen LogP contribution in [0.2, 0.25) is 0 Å². The summed E-state index contributed by atoms with van der Waals surface area (Å²) in [5.41, 5.74) is 3.60. The maximum Gasteiger partial charge on any atom is 0.137 e. The smallest absolute Gasteiger partial charge is 0.137 e. The number of nitrogens with zero attached hydrogens (tertiary/aromatic N) is 2. The van der Waals surface area contributed by atoms with Crippen LogP contribution in [0.3, 0.4) is 0 Å². The minimum absolute atomic E-state index is 0.797. The molecule has 0 aliphatic carbocycles. The van der Waals surface area contributed by atoms with Crippen molar-refractivity contribution in [3.05, 3.63) is 35.8 Å². The predicted octanol–water partition coefficient (Wildman–Crippen LogP) is 3.08. The number of aryl methyl sites for hydroxylation is 1.